The Balaban J connectivity index is 2.27. The summed E-state index contributed by atoms with van der Waals surface area (Å²) in [5.74, 6) is -0.0263. The van der Waals surface area contributed by atoms with Crippen LogP contribution in [0.1, 0.15) is 30.1 Å². The van der Waals surface area contributed by atoms with Crippen molar-refractivity contribution in [3.05, 3.63) is 34.1 Å². The van der Waals surface area contributed by atoms with Gasteiger partial charge in [-0.25, -0.2) is 4.39 Å². The summed E-state index contributed by atoms with van der Waals surface area (Å²) in [6.07, 6.45) is 2.08. The summed E-state index contributed by atoms with van der Waals surface area (Å²) in [6, 6.07) is 4.22. The van der Waals surface area contributed by atoms with Crippen molar-refractivity contribution in [2.45, 2.75) is 25.8 Å². The zero-order chi connectivity index (χ0) is 14.0. The summed E-state index contributed by atoms with van der Waals surface area (Å²) in [7, 11) is 0. The molecule has 1 aliphatic rings. The molecule has 1 saturated heterocycles. The maximum Gasteiger partial charge on any atom is 0.255 e. The van der Waals surface area contributed by atoms with E-state index in [0.29, 0.717) is 22.5 Å². The van der Waals surface area contributed by atoms with Crippen molar-refractivity contribution in [2.24, 2.45) is 11.7 Å². The van der Waals surface area contributed by atoms with Crippen LogP contribution in [0.4, 0.5) is 4.39 Å². The lowest BCUT2D eigenvalue weighted by molar-refractivity contribution is 0.0531. The van der Waals surface area contributed by atoms with E-state index in [1.54, 1.807) is 0 Å². The van der Waals surface area contributed by atoms with Crippen LogP contribution in [0, 0.1) is 11.7 Å². The van der Waals surface area contributed by atoms with Gasteiger partial charge >= 0.3 is 0 Å². The van der Waals surface area contributed by atoms with E-state index in [4.69, 9.17) is 5.73 Å². The number of hydrogen-bond donors (Lipinski definition) is 1. The molecule has 0 saturated carbocycles. The van der Waals surface area contributed by atoms with Crippen LogP contribution in [0.2, 0.25) is 0 Å². The van der Waals surface area contributed by atoms with E-state index in [1.165, 1.54) is 18.2 Å². The van der Waals surface area contributed by atoms with Crippen LogP contribution in [0.25, 0.3) is 0 Å². The Hall–Kier alpha value is -0.940. The fraction of sp³-hybridized carbons (Fsp3) is 0.500. The van der Waals surface area contributed by atoms with Gasteiger partial charge in [0.1, 0.15) is 5.82 Å². The fourth-order valence-corrected chi connectivity index (χ4v) is 3.20. The molecular formula is C14H18BrFN2O. The number of nitrogens with zero attached hydrogens (tertiary/aromatic N) is 1. The number of likely N-dealkylation sites (tertiary alicyclic amines) is 1. The molecule has 19 heavy (non-hydrogen) atoms. The summed E-state index contributed by atoms with van der Waals surface area (Å²) in [6.45, 7) is 3.30. The Morgan fingerprint density at radius 1 is 1.58 bits per heavy atom. The third-order valence-corrected chi connectivity index (χ3v) is 4.44. The van der Waals surface area contributed by atoms with Gasteiger partial charge < -0.3 is 10.6 Å². The molecule has 104 valence electrons. The van der Waals surface area contributed by atoms with Crippen LogP contribution in [0.15, 0.2) is 22.7 Å². The van der Waals surface area contributed by atoms with Crippen molar-refractivity contribution < 1.29 is 9.18 Å². The minimum Gasteiger partial charge on any atom is -0.334 e. The number of carbonyl (C=O) groups is 1. The first-order valence-corrected chi connectivity index (χ1v) is 7.30. The highest BCUT2D eigenvalue weighted by Crippen LogP contribution is 2.27. The van der Waals surface area contributed by atoms with Crippen LogP contribution < -0.4 is 5.73 Å². The molecule has 2 rings (SSSR count). The maximum atomic E-state index is 13.1. The number of halogens is 2. The number of hydrogen-bond acceptors (Lipinski definition) is 2. The summed E-state index contributed by atoms with van der Waals surface area (Å²) in [5.41, 5.74) is 6.29. The second-order valence-electron chi connectivity index (χ2n) is 5.05. The quantitative estimate of drug-likeness (QED) is 0.907. The Morgan fingerprint density at radius 3 is 2.95 bits per heavy atom. The van der Waals surface area contributed by atoms with Crippen molar-refractivity contribution in [1.29, 1.82) is 0 Å². The first-order valence-electron chi connectivity index (χ1n) is 6.50. The van der Waals surface area contributed by atoms with Gasteiger partial charge in [-0.2, -0.15) is 0 Å². The van der Waals surface area contributed by atoms with Crippen LogP contribution in [0.3, 0.4) is 0 Å². The molecule has 1 heterocycles. The van der Waals surface area contributed by atoms with E-state index < -0.39 is 0 Å². The maximum absolute atomic E-state index is 13.1. The summed E-state index contributed by atoms with van der Waals surface area (Å²) < 4.78 is 13.6. The fourth-order valence-electron chi connectivity index (χ4n) is 2.68. The summed E-state index contributed by atoms with van der Waals surface area (Å²) in [5, 5.41) is 0. The molecule has 1 aromatic carbocycles. The van der Waals surface area contributed by atoms with Gasteiger partial charge in [-0.15, -0.1) is 0 Å². The van der Waals surface area contributed by atoms with Gasteiger partial charge in [-0.3, -0.25) is 4.79 Å². The number of nitrogens with two attached hydrogens (primary N) is 1. The van der Waals surface area contributed by atoms with Crippen molar-refractivity contribution >= 4 is 21.8 Å². The van der Waals surface area contributed by atoms with Gasteiger partial charge in [0.15, 0.2) is 0 Å². The van der Waals surface area contributed by atoms with Gasteiger partial charge in [0.25, 0.3) is 5.91 Å². The van der Waals surface area contributed by atoms with Gasteiger partial charge in [0, 0.05) is 23.6 Å². The lowest BCUT2D eigenvalue weighted by Crippen LogP contribution is -2.51. The summed E-state index contributed by atoms with van der Waals surface area (Å²) >= 11 is 3.25. The van der Waals surface area contributed by atoms with E-state index in [2.05, 4.69) is 22.9 Å². The summed E-state index contributed by atoms with van der Waals surface area (Å²) in [4.78, 5) is 14.4. The lowest BCUT2D eigenvalue weighted by atomic mass is 9.90. The highest BCUT2D eigenvalue weighted by molar-refractivity contribution is 9.10. The average Bonchev–Trinajstić information content (AvgIpc) is 2.37. The topological polar surface area (TPSA) is 46.3 Å². The first kappa shape index (κ1) is 14.5. The SMILES string of the molecule is CC1CCCN(C(=O)c2ccc(F)cc2Br)C1CN. The Kier molecular flexibility index (Phi) is 4.58. The monoisotopic (exact) mass is 328 g/mol. The van der Waals surface area contributed by atoms with Crippen LogP contribution in [-0.4, -0.2) is 29.9 Å². The average molecular weight is 329 g/mol. The van der Waals surface area contributed by atoms with E-state index >= 15 is 0 Å². The molecule has 1 aliphatic heterocycles. The van der Waals surface area contributed by atoms with Crippen molar-refractivity contribution in [3.8, 4) is 0 Å². The molecule has 2 unspecified atom stereocenters. The van der Waals surface area contributed by atoms with Gasteiger partial charge in [-0.1, -0.05) is 6.92 Å². The molecule has 0 spiro atoms. The van der Waals surface area contributed by atoms with Crippen molar-refractivity contribution in [1.82, 2.24) is 4.90 Å². The molecule has 1 aromatic rings. The molecule has 1 amide bonds. The minimum atomic E-state index is -0.356. The predicted octanol–water partition coefficient (Wildman–Crippen LogP) is 2.79. The standard InChI is InChI=1S/C14H18BrFN2O/c1-9-3-2-6-18(13(9)8-17)14(19)11-5-4-10(16)7-12(11)15/h4-5,7,9,13H,2-3,6,8,17H2,1H3. The Labute approximate surface area is 121 Å². The van der Waals surface area contributed by atoms with Gasteiger partial charge in [0.05, 0.1) is 5.56 Å². The molecule has 2 atom stereocenters. The predicted molar refractivity (Wildman–Crippen MR) is 76.4 cm³/mol. The Morgan fingerprint density at radius 2 is 2.32 bits per heavy atom. The molecule has 0 aliphatic carbocycles. The number of rotatable bonds is 2. The zero-order valence-corrected chi connectivity index (χ0v) is 12.5. The van der Waals surface area contributed by atoms with Crippen LogP contribution in [-0.2, 0) is 0 Å². The minimum absolute atomic E-state index is 0.0678. The van der Waals surface area contributed by atoms with Crippen LogP contribution >= 0.6 is 15.9 Å². The van der Waals surface area contributed by atoms with Crippen LogP contribution in [0.5, 0.6) is 0 Å². The third-order valence-electron chi connectivity index (χ3n) is 3.78. The number of piperidine rings is 1. The zero-order valence-electron chi connectivity index (χ0n) is 10.9. The second-order valence-corrected chi connectivity index (χ2v) is 5.90. The number of benzene rings is 1. The van der Waals surface area contributed by atoms with Crippen molar-refractivity contribution in [2.75, 3.05) is 13.1 Å². The van der Waals surface area contributed by atoms with E-state index in [-0.39, 0.29) is 17.8 Å². The third kappa shape index (κ3) is 2.98. The largest absolute Gasteiger partial charge is 0.334 e. The normalized spacial score (nSPS) is 23.5. The molecule has 2 N–H and O–H groups in total. The molecule has 1 fully saturated rings. The molecule has 5 heteroatoms. The Bertz CT molecular complexity index is 481. The van der Waals surface area contributed by atoms with Gasteiger partial charge in [0.2, 0.25) is 0 Å². The first-order chi connectivity index (χ1) is 9.04. The van der Waals surface area contributed by atoms with E-state index in [0.717, 1.165) is 19.4 Å². The number of amides is 1. The smallest absolute Gasteiger partial charge is 0.255 e. The van der Waals surface area contributed by atoms with Gasteiger partial charge in [-0.05, 0) is 52.9 Å². The van der Waals surface area contributed by atoms with E-state index in [1.807, 2.05) is 4.90 Å². The van der Waals surface area contributed by atoms with Crippen molar-refractivity contribution in [3.63, 3.8) is 0 Å². The van der Waals surface area contributed by atoms with E-state index in [9.17, 15) is 9.18 Å². The molecule has 0 bridgehead atoms. The highest BCUT2D eigenvalue weighted by atomic mass is 79.9. The second kappa shape index (κ2) is 6.01. The number of carbonyl (C=O) groups excluding carboxylic acids is 1. The molecule has 3 nitrogen and oxygen atoms in total. The highest BCUT2D eigenvalue weighted by Gasteiger charge is 2.31. The molecule has 0 aromatic heterocycles. The molecule has 0 radical (unpaired) electrons. The molecular weight excluding hydrogens is 311 g/mol. The lowest BCUT2D eigenvalue weighted by Gasteiger charge is -2.39.